The Bertz CT molecular complexity index is 1220. The lowest BCUT2D eigenvalue weighted by molar-refractivity contribution is -0.268. The van der Waals surface area contributed by atoms with Crippen LogP contribution in [-0.2, 0) is 30.4 Å². The van der Waals surface area contributed by atoms with Crippen LogP contribution in [-0.4, -0.2) is 39.9 Å². The molecule has 0 radical (unpaired) electrons. The van der Waals surface area contributed by atoms with E-state index in [1.165, 1.54) is 13.8 Å². The number of hydrogen-bond donors (Lipinski definition) is 2. The largest absolute Gasteiger partial charge is 0.453 e. The third-order valence-electron chi connectivity index (χ3n) is 6.29. The third-order valence-corrected chi connectivity index (χ3v) is 7.33. The van der Waals surface area contributed by atoms with Crippen LogP contribution in [0.4, 0.5) is 5.69 Å². The van der Waals surface area contributed by atoms with Crippen molar-refractivity contribution in [2.75, 3.05) is 11.1 Å². The molecule has 38 heavy (non-hydrogen) atoms. The molecule has 2 heterocycles. The van der Waals surface area contributed by atoms with Crippen molar-refractivity contribution >= 4 is 29.3 Å². The Morgan fingerprint density at radius 3 is 2.55 bits per heavy atom. The van der Waals surface area contributed by atoms with E-state index in [4.69, 9.17) is 14.2 Å². The second kappa shape index (κ2) is 13.0. The molecule has 2 aromatic carbocycles. The lowest BCUT2D eigenvalue weighted by atomic mass is 9.91. The van der Waals surface area contributed by atoms with Gasteiger partial charge in [0, 0.05) is 36.0 Å². The Morgan fingerprint density at radius 2 is 1.87 bits per heavy atom. The number of carbonyl (C=O) groups is 2. The van der Waals surface area contributed by atoms with Gasteiger partial charge in [-0.1, -0.05) is 49.4 Å². The van der Waals surface area contributed by atoms with E-state index in [2.05, 4.69) is 17.2 Å². The molecule has 0 bridgehead atoms. The van der Waals surface area contributed by atoms with Crippen LogP contribution >= 0.6 is 11.8 Å². The fourth-order valence-electron chi connectivity index (χ4n) is 4.22. The van der Waals surface area contributed by atoms with Gasteiger partial charge in [-0.05, 0) is 42.3 Å². The molecule has 200 valence electrons. The fourth-order valence-corrected chi connectivity index (χ4v) is 5.25. The molecule has 1 fully saturated rings. The number of amides is 1. The smallest absolute Gasteiger partial charge is 0.303 e. The maximum atomic E-state index is 12.5. The van der Waals surface area contributed by atoms with Crippen molar-refractivity contribution in [3.8, 4) is 0 Å². The molecule has 0 spiro atoms. The number of pyridine rings is 1. The number of rotatable bonds is 9. The van der Waals surface area contributed by atoms with Crippen LogP contribution in [0.5, 0.6) is 0 Å². The highest BCUT2D eigenvalue weighted by Gasteiger charge is 2.38. The van der Waals surface area contributed by atoms with Gasteiger partial charge in [0.05, 0.1) is 23.8 Å². The van der Waals surface area contributed by atoms with Crippen molar-refractivity contribution < 1.29 is 28.9 Å². The predicted octanol–water partition coefficient (Wildman–Crippen LogP) is 5.05. The van der Waals surface area contributed by atoms with Gasteiger partial charge in [0.25, 0.3) is 5.91 Å². The van der Waals surface area contributed by atoms with Crippen LogP contribution < -0.4 is 5.32 Å². The van der Waals surface area contributed by atoms with Crippen LogP contribution in [0.1, 0.15) is 49.9 Å². The van der Waals surface area contributed by atoms with Gasteiger partial charge in [-0.2, -0.15) is 0 Å². The molecule has 1 aromatic heterocycles. The summed E-state index contributed by atoms with van der Waals surface area (Å²) < 4.78 is 17.9. The van der Waals surface area contributed by atoms with E-state index in [1.807, 2.05) is 54.6 Å². The van der Waals surface area contributed by atoms with E-state index in [9.17, 15) is 14.7 Å². The van der Waals surface area contributed by atoms with Gasteiger partial charge in [-0.3, -0.25) is 9.59 Å². The molecule has 1 aliphatic heterocycles. The number of carbonyl (C=O) groups excluding carboxylic acids is 2. The number of hydrogen-bond acceptors (Lipinski definition) is 8. The average Bonchev–Trinajstić information content (AvgIpc) is 2.93. The van der Waals surface area contributed by atoms with Gasteiger partial charge in [0.1, 0.15) is 0 Å². The highest BCUT2D eigenvalue weighted by molar-refractivity contribution is 7.99. The van der Waals surface area contributed by atoms with Crippen molar-refractivity contribution in [2.24, 2.45) is 5.92 Å². The van der Waals surface area contributed by atoms with Gasteiger partial charge < -0.3 is 24.6 Å². The molecule has 0 saturated carbocycles. The van der Waals surface area contributed by atoms with Gasteiger partial charge >= 0.3 is 5.97 Å². The van der Waals surface area contributed by atoms with Crippen LogP contribution in [0.25, 0.3) is 0 Å². The van der Waals surface area contributed by atoms with E-state index in [0.29, 0.717) is 11.4 Å². The molecule has 2 N–H and O–H groups in total. The maximum absolute atomic E-state index is 12.5. The van der Waals surface area contributed by atoms with E-state index in [0.717, 1.165) is 21.7 Å². The number of aliphatic hydroxyl groups is 1. The molecule has 0 unspecified atom stereocenters. The van der Waals surface area contributed by atoms with Crippen LogP contribution in [0.2, 0.25) is 0 Å². The number of esters is 1. The summed E-state index contributed by atoms with van der Waals surface area (Å²) in [5.74, 6) is -0.232. The minimum atomic E-state index is -0.918. The third kappa shape index (κ3) is 7.20. The lowest BCUT2D eigenvalue weighted by Crippen LogP contribution is -2.38. The van der Waals surface area contributed by atoms with Gasteiger partial charge in [-0.15, -0.1) is 11.8 Å². The molecular formula is C29H32N2O6S. The first kappa shape index (κ1) is 27.8. The molecule has 0 aliphatic carbocycles. The van der Waals surface area contributed by atoms with Crippen molar-refractivity contribution in [2.45, 2.75) is 57.0 Å². The number of nitrogens with zero attached hydrogens (tertiary/aromatic N) is 1. The standard InChI is InChI=1S/C29H32N2O6S/c1-18-25(17-38-26-9-4-5-14-30-26)36-29(37-27(18)22-12-10-21(16-32)11-13-22)23-7-6-8-24(15-23)31-28(34)19(2)35-20(3)33/h4-15,18-19,25,27,29,32H,16-17H2,1-3H3,(H,31,34)/t18-,19-,25+,27+,29+/m0/s1. The highest BCUT2D eigenvalue weighted by atomic mass is 32.2. The van der Waals surface area contributed by atoms with E-state index in [1.54, 1.807) is 30.1 Å². The molecule has 3 aromatic rings. The molecule has 8 nitrogen and oxygen atoms in total. The first-order chi connectivity index (χ1) is 18.3. The van der Waals surface area contributed by atoms with Gasteiger partial charge in [0.2, 0.25) is 0 Å². The summed E-state index contributed by atoms with van der Waals surface area (Å²) in [5, 5.41) is 13.2. The van der Waals surface area contributed by atoms with Crippen LogP contribution in [0, 0.1) is 5.92 Å². The Hall–Kier alpha value is -3.24. The highest BCUT2D eigenvalue weighted by Crippen LogP contribution is 2.43. The minimum absolute atomic E-state index is 0.0228. The van der Waals surface area contributed by atoms with Crippen LogP contribution in [0.3, 0.4) is 0 Å². The normalized spacial score (nSPS) is 21.9. The Morgan fingerprint density at radius 1 is 1.08 bits per heavy atom. The summed E-state index contributed by atoms with van der Waals surface area (Å²) in [6.07, 6.45) is -0.222. The number of aliphatic hydroxyl groups excluding tert-OH is 1. The van der Waals surface area contributed by atoms with Crippen molar-refractivity contribution in [3.05, 3.63) is 89.6 Å². The van der Waals surface area contributed by atoms with Crippen LogP contribution in [0.15, 0.2) is 78.0 Å². The molecule has 1 amide bonds. The zero-order valence-corrected chi connectivity index (χ0v) is 22.4. The predicted molar refractivity (Wildman–Crippen MR) is 144 cm³/mol. The summed E-state index contributed by atoms with van der Waals surface area (Å²) in [4.78, 5) is 28.1. The van der Waals surface area contributed by atoms with Crippen molar-refractivity contribution in [1.82, 2.24) is 4.98 Å². The molecule has 1 saturated heterocycles. The molecule has 1 aliphatic rings. The zero-order chi connectivity index (χ0) is 27.1. The first-order valence-electron chi connectivity index (χ1n) is 12.5. The molecule has 5 atom stereocenters. The topological polar surface area (TPSA) is 107 Å². The Balaban J connectivity index is 1.56. The molecule has 4 rings (SSSR count). The van der Waals surface area contributed by atoms with E-state index >= 15 is 0 Å². The van der Waals surface area contributed by atoms with Crippen molar-refractivity contribution in [1.29, 1.82) is 0 Å². The number of benzene rings is 2. The summed E-state index contributed by atoms with van der Waals surface area (Å²) in [5.41, 5.74) is 3.12. The van der Waals surface area contributed by atoms with Gasteiger partial charge in [0.15, 0.2) is 12.4 Å². The van der Waals surface area contributed by atoms with Gasteiger partial charge in [-0.25, -0.2) is 4.98 Å². The average molecular weight is 537 g/mol. The number of aromatic nitrogens is 1. The minimum Gasteiger partial charge on any atom is -0.453 e. The summed E-state index contributed by atoms with van der Waals surface area (Å²) in [7, 11) is 0. The second-order valence-corrected chi connectivity index (χ2v) is 10.2. The molecule has 9 heteroatoms. The van der Waals surface area contributed by atoms with Crippen molar-refractivity contribution in [3.63, 3.8) is 0 Å². The number of anilines is 1. The number of ether oxygens (including phenoxy) is 3. The first-order valence-corrected chi connectivity index (χ1v) is 13.4. The fraction of sp³-hybridized carbons (Fsp3) is 0.345. The lowest BCUT2D eigenvalue weighted by Gasteiger charge is -2.41. The quantitative estimate of drug-likeness (QED) is 0.289. The monoisotopic (exact) mass is 536 g/mol. The maximum Gasteiger partial charge on any atom is 0.303 e. The number of nitrogens with one attached hydrogen (secondary N) is 1. The number of thioether (sulfide) groups is 1. The SMILES string of the molecule is CC(=O)O[C@@H](C)C(=O)Nc1cccc([C@@H]2O[C@H](CSc3ccccn3)[C@H](C)[C@H](c3ccc(CO)cc3)O2)c1. The zero-order valence-electron chi connectivity index (χ0n) is 21.6. The summed E-state index contributed by atoms with van der Waals surface area (Å²) in [6.45, 7) is 4.87. The molecular weight excluding hydrogens is 504 g/mol. The summed E-state index contributed by atoms with van der Waals surface area (Å²) >= 11 is 1.63. The second-order valence-electron chi connectivity index (χ2n) is 9.17. The Labute approximate surface area is 226 Å². The van der Waals surface area contributed by atoms with E-state index in [-0.39, 0.29) is 24.7 Å². The summed E-state index contributed by atoms with van der Waals surface area (Å²) in [6, 6.07) is 20.8. The van der Waals surface area contributed by atoms with E-state index < -0.39 is 24.3 Å². The Kier molecular flexibility index (Phi) is 9.52.